The summed E-state index contributed by atoms with van der Waals surface area (Å²) >= 11 is 2.62. The zero-order chi connectivity index (χ0) is 15.2. The van der Waals surface area contributed by atoms with Gasteiger partial charge < -0.3 is 0 Å². The van der Waals surface area contributed by atoms with Crippen molar-refractivity contribution in [2.75, 3.05) is 0 Å². The van der Waals surface area contributed by atoms with E-state index in [1.54, 1.807) is 19.1 Å². The van der Waals surface area contributed by atoms with Crippen LogP contribution >= 0.6 is 22.6 Å². The van der Waals surface area contributed by atoms with E-state index in [0.29, 0.717) is 0 Å². The van der Waals surface area contributed by atoms with Crippen molar-refractivity contribution < 1.29 is 0 Å². The highest BCUT2D eigenvalue weighted by molar-refractivity contribution is 14.1. The molecule has 0 aliphatic rings. The van der Waals surface area contributed by atoms with Crippen molar-refractivity contribution in [1.82, 2.24) is 0 Å². The first-order valence-electron chi connectivity index (χ1n) is 7.09. The molecule has 4 heteroatoms. The Morgan fingerprint density at radius 1 is 0.632 bits per heavy atom. The number of benzene rings is 1. The Labute approximate surface area is 136 Å². The van der Waals surface area contributed by atoms with Crippen LogP contribution in [0.3, 0.4) is 0 Å². The van der Waals surface area contributed by atoms with Crippen molar-refractivity contribution in [2.24, 2.45) is 0 Å². The van der Waals surface area contributed by atoms with Crippen molar-refractivity contribution >= 4 is 62.4 Å². The third kappa shape index (κ3) is 4.28. The van der Waals surface area contributed by atoms with Crippen molar-refractivity contribution in [3.8, 4) is 0 Å². The van der Waals surface area contributed by atoms with E-state index in [0.717, 1.165) is 0 Å². The van der Waals surface area contributed by atoms with Crippen LogP contribution < -0.4 is 15.6 Å². The highest BCUT2D eigenvalue weighted by atomic mass is 127. The van der Waals surface area contributed by atoms with Gasteiger partial charge in [-0.25, -0.2) is 0 Å². The zero-order valence-electron chi connectivity index (χ0n) is 14.0. The predicted molar refractivity (Wildman–Crippen MR) is 108 cm³/mol. The summed E-state index contributed by atoms with van der Waals surface area (Å²) in [5.41, 5.74) is 0. The molecule has 0 saturated heterocycles. The monoisotopic (exact) mass is 420 g/mol. The fourth-order valence-electron chi connectivity index (χ4n) is 2.15. The standard InChI is InChI=1S/C15H29ISi3/c1-17(2,3)12-10-13(18(4,5)6)15(16)14(11-12)19(7,8)9/h10-11H,1-9H3. The van der Waals surface area contributed by atoms with Crippen LogP contribution in [0.15, 0.2) is 12.1 Å². The Balaban J connectivity index is 3.68. The molecule has 1 rings (SSSR count). The summed E-state index contributed by atoms with van der Waals surface area (Å²) in [6.07, 6.45) is 0. The van der Waals surface area contributed by atoms with E-state index in [-0.39, 0.29) is 0 Å². The minimum Gasteiger partial charge on any atom is -0.0656 e. The third-order valence-corrected chi connectivity index (χ3v) is 11.8. The third-order valence-electron chi connectivity index (χ3n) is 3.55. The summed E-state index contributed by atoms with van der Waals surface area (Å²) in [5, 5.41) is 5.03. The van der Waals surface area contributed by atoms with Gasteiger partial charge in [-0.15, -0.1) is 0 Å². The van der Waals surface area contributed by atoms with E-state index in [2.05, 4.69) is 93.6 Å². The van der Waals surface area contributed by atoms with Crippen LogP contribution in [0.4, 0.5) is 0 Å². The van der Waals surface area contributed by atoms with E-state index in [4.69, 9.17) is 0 Å². The fraction of sp³-hybridized carbons (Fsp3) is 0.600. The van der Waals surface area contributed by atoms with Gasteiger partial charge in [0.1, 0.15) is 0 Å². The molecule has 0 aromatic heterocycles. The second kappa shape index (κ2) is 5.42. The Morgan fingerprint density at radius 3 is 1.16 bits per heavy atom. The van der Waals surface area contributed by atoms with Crippen LogP contribution in [-0.4, -0.2) is 24.2 Å². The highest BCUT2D eigenvalue weighted by Crippen LogP contribution is 2.14. The summed E-state index contributed by atoms with van der Waals surface area (Å²) < 4.78 is 1.58. The average molecular weight is 421 g/mol. The van der Waals surface area contributed by atoms with Crippen molar-refractivity contribution in [1.29, 1.82) is 0 Å². The van der Waals surface area contributed by atoms with Gasteiger partial charge in [0, 0.05) is 3.57 Å². The van der Waals surface area contributed by atoms with Gasteiger partial charge in [0.25, 0.3) is 0 Å². The number of hydrogen-bond donors (Lipinski definition) is 0. The lowest BCUT2D eigenvalue weighted by Gasteiger charge is -2.29. The second-order valence-electron chi connectivity index (χ2n) is 8.64. The molecule has 0 spiro atoms. The maximum Gasteiger partial charge on any atom is 0.0789 e. The Hall–Kier alpha value is 0.601. The van der Waals surface area contributed by atoms with E-state index in [1.807, 2.05) is 0 Å². The molecule has 0 N–H and O–H groups in total. The van der Waals surface area contributed by atoms with Gasteiger partial charge in [-0.3, -0.25) is 0 Å². The molecule has 0 heterocycles. The number of rotatable bonds is 3. The molecule has 0 bridgehead atoms. The predicted octanol–water partition coefficient (Wildman–Crippen LogP) is 3.93. The molecule has 0 saturated carbocycles. The fourth-order valence-corrected chi connectivity index (χ4v) is 11.6. The molecule has 0 aliphatic carbocycles. The quantitative estimate of drug-likeness (QED) is 0.514. The molecular formula is C15H29ISi3. The van der Waals surface area contributed by atoms with Gasteiger partial charge in [-0.1, -0.05) is 76.2 Å². The average Bonchev–Trinajstić information content (AvgIpc) is 2.11. The van der Waals surface area contributed by atoms with Gasteiger partial charge in [0.2, 0.25) is 0 Å². The van der Waals surface area contributed by atoms with Crippen LogP contribution in [0.25, 0.3) is 0 Å². The molecule has 108 valence electrons. The smallest absolute Gasteiger partial charge is 0.0656 e. The van der Waals surface area contributed by atoms with Crippen molar-refractivity contribution in [2.45, 2.75) is 58.9 Å². The first kappa shape index (κ1) is 17.7. The maximum absolute atomic E-state index is 2.62. The molecule has 19 heavy (non-hydrogen) atoms. The molecular weight excluding hydrogens is 391 g/mol. The Kier molecular flexibility index (Phi) is 5.04. The van der Waals surface area contributed by atoms with Gasteiger partial charge in [-0.05, 0) is 33.0 Å². The molecule has 1 aromatic carbocycles. The van der Waals surface area contributed by atoms with E-state index >= 15 is 0 Å². The Morgan fingerprint density at radius 2 is 0.947 bits per heavy atom. The summed E-state index contributed by atoms with van der Waals surface area (Å²) in [7, 11) is -3.76. The topological polar surface area (TPSA) is 0 Å². The van der Waals surface area contributed by atoms with Crippen LogP contribution in [0.1, 0.15) is 0 Å². The van der Waals surface area contributed by atoms with Crippen LogP contribution in [0, 0.1) is 3.57 Å². The van der Waals surface area contributed by atoms with Gasteiger partial charge in [0.05, 0.1) is 24.2 Å². The summed E-state index contributed by atoms with van der Waals surface area (Å²) in [6.45, 7) is 22.3. The number of halogens is 1. The lowest BCUT2D eigenvalue weighted by atomic mass is 10.3. The lowest BCUT2D eigenvalue weighted by molar-refractivity contribution is 1.62. The molecule has 0 fully saturated rings. The molecule has 0 amide bonds. The highest BCUT2D eigenvalue weighted by Gasteiger charge is 2.29. The molecule has 0 aliphatic heterocycles. The van der Waals surface area contributed by atoms with Crippen molar-refractivity contribution in [3.05, 3.63) is 15.7 Å². The van der Waals surface area contributed by atoms with E-state index in [1.165, 1.54) is 0 Å². The Bertz CT molecular complexity index is 439. The maximum atomic E-state index is 2.62. The second-order valence-corrected chi connectivity index (χ2v) is 24.9. The van der Waals surface area contributed by atoms with E-state index in [9.17, 15) is 0 Å². The summed E-state index contributed by atoms with van der Waals surface area (Å²) in [4.78, 5) is 0. The molecule has 0 atom stereocenters. The molecule has 0 nitrogen and oxygen atoms in total. The van der Waals surface area contributed by atoms with Crippen LogP contribution in [0.2, 0.25) is 58.9 Å². The molecule has 0 radical (unpaired) electrons. The van der Waals surface area contributed by atoms with Gasteiger partial charge in [0.15, 0.2) is 0 Å². The largest absolute Gasteiger partial charge is 0.0789 e. The minimum atomic E-state index is -1.26. The lowest BCUT2D eigenvalue weighted by Crippen LogP contribution is -2.54. The van der Waals surface area contributed by atoms with Gasteiger partial charge in [-0.2, -0.15) is 0 Å². The zero-order valence-corrected chi connectivity index (χ0v) is 19.2. The number of hydrogen-bond acceptors (Lipinski definition) is 0. The van der Waals surface area contributed by atoms with E-state index < -0.39 is 24.2 Å². The van der Waals surface area contributed by atoms with Gasteiger partial charge >= 0.3 is 0 Å². The summed E-state index contributed by atoms with van der Waals surface area (Å²) in [5.74, 6) is 0. The molecule has 1 aromatic rings. The SMILES string of the molecule is C[Si](C)(C)c1cc([Si](C)(C)C)c(I)c([Si](C)(C)C)c1. The first-order valence-corrected chi connectivity index (χ1v) is 18.7. The molecule has 0 unspecified atom stereocenters. The van der Waals surface area contributed by atoms with Crippen LogP contribution in [-0.2, 0) is 0 Å². The van der Waals surface area contributed by atoms with Crippen LogP contribution in [0.5, 0.6) is 0 Å². The minimum absolute atomic E-state index is 1.24. The first-order chi connectivity index (χ1) is 8.24. The summed E-state index contributed by atoms with van der Waals surface area (Å²) in [6, 6.07) is 5.12. The normalized spacial score (nSPS) is 13.8. The van der Waals surface area contributed by atoms with Crippen molar-refractivity contribution in [3.63, 3.8) is 0 Å².